The monoisotopic (exact) mass is 145 g/mol. The second-order valence-corrected chi connectivity index (χ2v) is 2.44. The predicted octanol–water partition coefficient (Wildman–Crippen LogP) is 2.14. The van der Waals surface area contributed by atoms with E-state index < -0.39 is 0 Å². The molecule has 0 aliphatic heterocycles. The first-order valence-corrected chi connectivity index (χ1v) is 3.64. The summed E-state index contributed by atoms with van der Waals surface area (Å²) in [5.41, 5.74) is 2.13. The van der Waals surface area contributed by atoms with Crippen LogP contribution in [0.3, 0.4) is 0 Å². The minimum atomic E-state index is 1.03. The zero-order valence-corrected chi connectivity index (χ0v) is 6.33. The van der Waals surface area contributed by atoms with Gasteiger partial charge in [-0.05, 0) is 6.07 Å². The van der Waals surface area contributed by atoms with Crippen LogP contribution < -0.4 is 0 Å². The van der Waals surface area contributed by atoms with E-state index in [2.05, 4.69) is 16.3 Å². The summed E-state index contributed by atoms with van der Waals surface area (Å²) < 4.78 is 0. The van der Waals surface area contributed by atoms with E-state index in [1.165, 1.54) is 5.39 Å². The maximum absolute atomic E-state index is 4.13. The van der Waals surface area contributed by atoms with Gasteiger partial charge < -0.3 is 0 Å². The standard InChI is InChI=1S/C9H9N2/c1-2-8-7-5-3-4-6-9(7)11-10-8/h2-6H,1H3,(H,10,11). The minimum absolute atomic E-state index is 1.03. The molecule has 0 spiro atoms. The fraction of sp³-hybridized carbons (Fsp3) is 0.111. The Hall–Kier alpha value is -1.31. The Bertz CT molecular complexity index is 362. The predicted molar refractivity (Wildman–Crippen MR) is 45.2 cm³/mol. The van der Waals surface area contributed by atoms with Gasteiger partial charge in [-0.25, -0.2) is 0 Å². The van der Waals surface area contributed by atoms with Gasteiger partial charge in [0.25, 0.3) is 0 Å². The number of hydrogen-bond donors (Lipinski definition) is 1. The fourth-order valence-corrected chi connectivity index (χ4v) is 1.20. The summed E-state index contributed by atoms with van der Waals surface area (Å²) >= 11 is 0. The van der Waals surface area contributed by atoms with E-state index >= 15 is 0 Å². The van der Waals surface area contributed by atoms with E-state index in [0.29, 0.717) is 0 Å². The summed E-state index contributed by atoms with van der Waals surface area (Å²) in [6, 6.07) is 8.11. The van der Waals surface area contributed by atoms with Crippen molar-refractivity contribution in [2.45, 2.75) is 6.92 Å². The highest BCUT2D eigenvalue weighted by Crippen LogP contribution is 2.15. The summed E-state index contributed by atoms with van der Waals surface area (Å²) in [5, 5.41) is 8.28. The lowest BCUT2D eigenvalue weighted by Crippen LogP contribution is -1.75. The van der Waals surface area contributed by atoms with Crippen molar-refractivity contribution in [3.8, 4) is 0 Å². The Morgan fingerprint density at radius 3 is 3.00 bits per heavy atom. The normalized spacial score (nSPS) is 10.6. The molecular formula is C9H9N2. The maximum atomic E-state index is 4.13. The maximum Gasteiger partial charge on any atom is 0.0735 e. The van der Waals surface area contributed by atoms with Gasteiger partial charge in [-0.2, -0.15) is 5.10 Å². The van der Waals surface area contributed by atoms with E-state index in [-0.39, 0.29) is 0 Å². The fourth-order valence-electron chi connectivity index (χ4n) is 1.20. The number of fused-ring (bicyclic) bond motifs is 1. The number of para-hydroxylation sites is 1. The lowest BCUT2D eigenvalue weighted by atomic mass is 10.2. The van der Waals surface area contributed by atoms with E-state index in [9.17, 15) is 0 Å². The molecule has 2 heteroatoms. The highest BCUT2D eigenvalue weighted by Gasteiger charge is 2.00. The number of aromatic nitrogens is 2. The molecule has 0 saturated heterocycles. The van der Waals surface area contributed by atoms with E-state index in [1.807, 2.05) is 31.5 Å². The van der Waals surface area contributed by atoms with E-state index in [0.717, 1.165) is 11.2 Å². The zero-order valence-electron chi connectivity index (χ0n) is 6.33. The Morgan fingerprint density at radius 2 is 2.18 bits per heavy atom. The number of rotatable bonds is 1. The molecule has 0 bridgehead atoms. The van der Waals surface area contributed by atoms with Gasteiger partial charge in [0.2, 0.25) is 0 Å². The van der Waals surface area contributed by atoms with Gasteiger partial charge in [-0.3, -0.25) is 5.10 Å². The Balaban J connectivity index is 2.76. The molecule has 0 unspecified atom stereocenters. The topological polar surface area (TPSA) is 28.7 Å². The second-order valence-electron chi connectivity index (χ2n) is 2.44. The van der Waals surface area contributed by atoms with Crippen molar-refractivity contribution in [2.24, 2.45) is 0 Å². The first kappa shape index (κ1) is 6.40. The molecule has 2 nitrogen and oxygen atoms in total. The van der Waals surface area contributed by atoms with Crippen molar-refractivity contribution in [1.29, 1.82) is 0 Å². The first-order valence-electron chi connectivity index (χ1n) is 3.64. The number of nitrogens with one attached hydrogen (secondary N) is 1. The summed E-state index contributed by atoms with van der Waals surface area (Å²) in [6.07, 6.45) is 2.00. The number of H-pyrrole nitrogens is 1. The molecule has 2 aromatic rings. The molecule has 0 aliphatic carbocycles. The third kappa shape index (κ3) is 0.909. The summed E-state index contributed by atoms with van der Waals surface area (Å²) in [6.45, 7) is 1.99. The quantitative estimate of drug-likeness (QED) is 0.654. The molecule has 55 valence electrons. The van der Waals surface area contributed by atoms with Crippen LogP contribution in [0.2, 0.25) is 0 Å². The van der Waals surface area contributed by atoms with E-state index in [1.54, 1.807) is 0 Å². The Morgan fingerprint density at radius 1 is 1.36 bits per heavy atom. The molecule has 0 amide bonds. The number of nitrogens with zero attached hydrogens (tertiary/aromatic N) is 1. The largest absolute Gasteiger partial charge is 0.278 e. The number of aromatic amines is 1. The molecule has 1 aromatic carbocycles. The summed E-state index contributed by atoms with van der Waals surface area (Å²) in [4.78, 5) is 0. The van der Waals surface area contributed by atoms with Crippen LogP contribution in [0.25, 0.3) is 10.9 Å². The van der Waals surface area contributed by atoms with Crippen molar-refractivity contribution in [2.75, 3.05) is 0 Å². The zero-order chi connectivity index (χ0) is 7.68. The molecular weight excluding hydrogens is 136 g/mol. The average molecular weight is 145 g/mol. The Kier molecular flexibility index (Phi) is 1.39. The molecule has 0 saturated carbocycles. The molecule has 0 fully saturated rings. The minimum Gasteiger partial charge on any atom is -0.278 e. The summed E-state index contributed by atoms with van der Waals surface area (Å²) in [5.74, 6) is 0. The third-order valence-electron chi connectivity index (χ3n) is 1.77. The van der Waals surface area contributed by atoms with Crippen molar-refractivity contribution >= 4 is 10.9 Å². The van der Waals surface area contributed by atoms with Crippen LogP contribution in [0.5, 0.6) is 0 Å². The highest BCUT2D eigenvalue weighted by molar-refractivity contribution is 5.82. The van der Waals surface area contributed by atoms with Gasteiger partial charge >= 0.3 is 0 Å². The lowest BCUT2D eigenvalue weighted by molar-refractivity contribution is 1.07. The van der Waals surface area contributed by atoms with Crippen LogP contribution in [-0.2, 0) is 0 Å². The van der Waals surface area contributed by atoms with Crippen LogP contribution >= 0.6 is 0 Å². The van der Waals surface area contributed by atoms with Crippen molar-refractivity contribution in [3.63, 3.8) is 0 Å². The molecule has 1 radical (unpaired) electrons. The van der Waals surface area contributed by atoms with Crippen molar-refractivity contribution in [1.82, 2.24) is 10.2 Å². The average Bonchev–Trinajstić information content (AvgIpc) is 2.47. The van der Waals surface area contributed by atoms with Gasteiger partial charge in [0.15, 0.2) is 0 Å². The molecule has 1 N–H and O–H groups in total. The van der Waals surface area contributed by atoms with Crippen molar-refractivity contribution in [3.05, 3.63) is 36.4 Å². The SMILES string of the molecule is C[CH]c1n[nH]c2ccccc12. The number of benzene rings is 1. The Labute approximate surface area is 65.2 Å². The first-order chi connectivity index (χ1) is 5.42. The summed E-state index contributed by atoms with van der Waals surface area (Å²) in [7, 11) is 0. The molecule has 1 aromatic heterocycles. The molecule has 0 atom stereocenters. The molecule has 0 aliphatic rings. The molecule has 1 heterocycles. The van der Waals surface area contributed by atoms with Crippen molar-refractivity contribution < 1.29 is 0 Å². The van der Waals surface area contributed by atoms with Crippen LogP contribution in [0, 0.1) is 6.42 Å². The molecule has 11 heavy (non-hydrogen) atoms. The third-order valence-corrected chi connectivity index (χ3v) is 1.77. The molecule has 2 rings (SSSR count). The van der Waals surface area contributed by atoms with Gasteiger partial charge in [0.05, 0.1) is 11.2 Å². The smallest absolute Gasteiger partial charge is 0.0735 e. The van der Waals surface area contributed by atoms with Gasteiger partial charge in [-0.15, -0.1) is 0 Å². The number of hydrogen-bond acceptors (Lipinski definition) is 1. The van der Waals surface area contributed by atoms with E-state index in [4.69, 9.17) is 0 Å². The van der Waals surface area contributed by atoms with Crippen LogP contribution in [0.1, 0.15) is 12.6 Å². The van der Waals surface area contributed by atoms with Crippen LogP contribution in [0.15, 0.2) is 24.3 Å². The lowest BCUT2D eigenvalue weighted by Gasteiger charge is -1.87. The van der Waals surface area contributed by atoms with Gasteiger partial charge in [0.1, 0.15) is 0 Å². The van der Waals surface area contributed by atoms with Gasteiger partial charge in [0, 0.05) is 11.8 Å². The van der Waals surface area contributed by atoms with Crippen LogP contribution in [0.4, 0.5) is 0 Å². The van der Waals surface area contributed by atoms with Gasteiger partial charge in [-0.1, -0.05) is 25.1 Å². The second kappa shape index (κ2) is 2.38. The highest BCUT2D eigenvalue weighted by atomic mass is 15.1. The van der Waals surface area contributed by atoms with Crippen LogP contribution in [-0.4, -0.2) is 10.2 Å².